The van der Waals surface area contributed by atoms with Crippen molar-refractivity contribution < 1.29 is 0 Å². The summed E-state index contributed by atoms with van der Waals surface area (Å²) in [4.78, 5) is 2.37. The van der Waals surface area contributed by atoms with E-state index in [2.05, 4.69) is 44.1 Å². The maximum absolute atomic E-state index is 3.37. The van der Waals surface area contributed by atoms with E-state index in [1.54, 1.807) is 5.20 Å². The first-order valence-electron chi connectivity index (χ1n) is 5.24. The van der Waals surface area contributed by atoms with Crippen molar-refractivity contribution in [3.63, 3.8) is 0 Å². The Morgan fingerprint density at radius 2 is 1.92 bits per heavy atom. The first-order chi connectivity index (χ1) is 6.11. The van der Waals surface area contributed by atoms with E-state index in [9.17, 15) is 0 Å². The van der Waals surface area contributed by atoms with Crippen LogP contribution in [0, 0.1) is 5.92 Å². The highest BCUT2D eigenvalue weighted by atomic mass is 28.1. The molecule has 0 amide bonds. The Labute approximate surface area is 85.8 Å². The lowest BCUT2D eigenvalue weighted by molar-refractivity contribution is 0.293. The molecular formula is C10H24N2Si. The Balaban J connectivity index is 3.70. The van der Waals surface area contributed by atoms with Gasteiger partial charge in [-0.15, -0.1) is 0 Å². The Kier molecular flexibility index (Phi) is 7.00. The fraction of sp³-hybridized carbons (Fsp3) is 0.800. The van der Waals surface area contributed by atoms with Gasteiger partial charge in [0.2, 0.25) is 0 Å². The van der Waals surface area contributed by atoms with Crippen molar-refractivity contribution in [3.05, 3.63) is 11.4 Å². The molecule has 0 fully saturated rings. The number of allylic oxidation sites excluding steroid dienone is 1. The SMILES string of the molecule is CCN(CC)CNC=C([SiH3])C(C)C. The maximum Gasteiger partial charge on any atom is 0.0672 e. The predicted molar refractivity (Wildman–Crippen MR) is 63.8 cm³/mol. The third-order valence-electron chi connectivity index (χ3n) is 2.45. The lowest BCUT2D eigenvalue weighted by Gasteiger charge is -2.18. The van der Waals surface area contributed by atoms with Crippen molar-refractivity contribution in [1.82, 2.24) is 10.2 Å². The number of rotatable bonds is 6. The molecule has 0 saturated heterocycles. The quantitative estimate of drug-likeness (QED) is 0.502. The second-order valence-electron chi connectivity index (χ2n) is 3.71. The molecule has 0 aromatic heterocycles. The Morgan fingerprint density at radius 3 is 2.31 bits per heavy atom. The third-order valence-corrected chi connectivity index (χ3v) is 3.89. The predicted octanol–water partition coefficient (Wildman–Crippen LogP) is 0.738. The van der Waals surface area contributed by atoms with Gasteiger partial charge < -0.3 is 5.32 Å². The largest absolute Gasteiger partial charge is 0.379 e. The van der Waals surface area contributed by atoms with Crippen LogP contribution in [0.1, 0.15) is 27.7 Å². The van der Waals surface area contributed by atoms with Crippen molar-refractivity contribution in [2.24, 2.45) is 5.92 Å². The van der Waals surface area contributed by atoms with Gasteiger partial charge in [-0.25, -0.2) is 0 Å². The zero-order chi connectivity index (χ0) is 10.3. The van der Waals surface area contributed by atoms with Gasteiger partial charge in [0.25, 0.3) is 0 Å². The van der Waals surface area contributed by atoms with Crippen molar-refractivity contribution >= 4 is 10.2 Å². The molecule has 0 spiro atoms. The second-order valence-corrected chi connectivity index (χ2v) is 4.86. The first-order valence-corrected chi connectivity index (χ1v) is 6.24. The van der Waals surface area contributed by atoms with Crippen LogP contribution in [-0.2, 0) is 0 Å². The molecule has 0 bridgehead atoms. The second kappa shape index (κ2) is 7.15. The van der Waals surface area contributed by atoms with Crippen LogP contribution in [0.3, 0.4) is 0 Å². The van der Waals surface area contributed by atoms with Crippen LogP contribution >= 0.6 is 0 Å². The van der Waals surface area contributed by atoms with Gasteiger partial charge in [-0.05, 0) is 25.2 Å². The molecule has 0 unspecified atom stereocenters. The van der Waals surface area contributed by atoms with Gasteiger partial charge in [-0.1, -0.05) is 32.9 Å². The summed E-state index contributed by atoms with van der Waals surface area (Å²) in [5, 5.41) is 4.92. The van der Waals surface area contributed by atoms with Crippen LogP contribution in [-0.4, -0.2) is 34.9 Å². The summed E-state index contributed by atoms with van der Waals surface area (Å²) >= 11 is 0. The molecule has 0 radical (unpaired) electrons. The monoisotopic (exact) mass is 200 g/mol. The van der Waals surface area contributed by atoms with E-state index in [0.29, 0.717) is 5.92 Å². The van der Waals surface area contributed by atoms with E-state index in [-0.39, 0.29) is 0 Å². The molecule has 0 aliphatic carbocycles. The summed E-state index contributed by atoms with van der Waals surface area (Å²) in [6.07, 6.45) is 2.19. The fourth-order valence-corrected chi connectivity index (χ4v) is 1.15. The number of hydrogen-bond acceptors (Lipinski definition) is 2. The maximum atomic E-state index is 3.37. The van der Waals surface area contributed by atoms with Crippen LogP contribution in [0.15, 0.2) is 11.4 Å². The number of hydrogen-bond donors (Lipinski definition) is 1. The van der Waals surface area contributed by atoms with E-state index in [1.807, 2.05) is 0 Å². The molecule has 1 N–H and O–H groups in total. The van der Waals surface area contributed by atoms with Crippen molar-refractivity contribution in [2.45, 2.75) is 27.7 Å². The minimum absolute atomic E-state index is 0.705. The van der Waals surface area contributed by atoms with Crippen LogP contribution < -0.4 is 5.32 Å². The minimum atomic E-state index is 0.705. The summed E-state index contributed by atoms with van der Waals surface area (Å²) in [7, 11) is 1.17. The molecule has 0 aromatic carbocycles. The summed E-state index contributed by atoms with van der Waals surface area (Å²) in [5.41, 5.74) is 0. The summed E-state index contributed by atoms with van der Waals surface area (Å²) < 4.78 is 0. The highest BCUT2D eigenvalue weighted by Gasteiger charge is 1.97. The molecule has 0 saturated carbocycles. The van der Waals surface area contributed by atoms with Gasteiger partial charge in [0.05, 0.1) is 6.67 Å². The molecule has 0 rings (SSSR count). The Hall–Kier alpha value is -0.283. The Morgan fingerprint density at radius 1 is 1.38 bits per heavy atom. The van der Waals surface area contributed by atoms with Gasteiger partial charge >= 0.3 is 0 Å². The summed E-state index contributed by atoms with van der Waals surface area (Å²) in [6, 6.07) is 0. The number of nitrogens with zero attached hydrogens (tertiary/aromatic N) is 1. The zero-order valence-corrected chi connectivity index (χ0v) is 11.7. The summed E-state index contributed by atoms with van der Waals surface area (Å²) in [5.74, 6) is 0.705. The van der Waals surface area contributed by atoms with Crippen LogP contribution in [0.2, 0.25) is 0 Å². The standard InChI is InChI=1S/C10H24N2Si/c1-5-12(6-2)8-11-7-10(13)9(3)4/h7,9,11H,5-6,8H2,1-4,13H3. The average molecular weight is 200 g/mol. The van der Waals surface area contributed by atoms with E-state index in [1.165, 1.54) is 10.2 Å². The van der Waals surface area contributed by atoms with Crippen LogP contribution in [0.25, 0.3) is 0 Å². The molecule has 3 heteroatoms. The highest BCUT2D eigenvalue weighted by Crippen LogP contribution is 2.01. The normalized spacial score (nSPS) is 12.9. The van der Waals surface area contributed by atoms with Crippen molar-refractivity contribution in [2.75, 3.05) is 19.8 Å². The van der Waals surface area contributed by atoms with Crippen LogP contribution in [0.4, 0.5) is 0 Å². The third kappa shape index (κ3) is 5.88. The number of nitrogens with one attached hydrogen (secondary N) is 1. The summed E-state index contributed by atoms with van der Waals surface area (Å²) in [6.45, 7) is 12.1. The molecule has 2 nitrogen and oxygen atoms in total. The van der Waals surface area contributed by atoms with Crippen molar-refractivity contribution in [1.29, 1.82) is 0 Å². The Bertz CT molecular complexity index is 151. The molecule has 0 atom stereocenters. The van der Waals surface area contributed by atoms with Crippen molar-refractivity contribution in [3.8, 4) is 0 Å². The lowest BCUT2D eigenvalue weighted by Crippen LogP contribution is -2.31. The zero-order valence-electron chi connectivity index (χ0n) is 9.72. The molecule has 13 heavy (non-hydrogen) atoms. The lowest BCUT2D eigenvalue weighted by atomic mass is 10.2. The van der Waals surface area contributed by atoms with Gasteiger partial charge in [0, 0.05) is 10.2 Å². The van der Waals surface area contributed by atoms with Crippen LogP contribution in [0.5, 0.6) is 0 Å². The van der Waals surface area contributed by atoms with Gasteiger partial charge in [0.15, 0.2) is 0 Å². The first kappa shape index (κ1) is 12.7. The fourth-order valence-electron chi connectivity index (χ4n) is 0.950. The van der Waals surface area contributed by atoms with E-state index < -0.39 is 0 Å². The average Bonchev–Trinajstić information content (AvgIpc) is 2.12. The topological polar surface area (TPSA) is 15.3 Å². The molecule has 0 aromatic rings. The van der Waals surface area contributed by atoms with E-state index >= 15 is 0 Å². The molecule has 0 heterocycles. The van der Waals surface area contributed by atoms with E-state index in [0.717, 1.165) is 19.8 Å². The van der Waals surface area contributed by atoms with Gasteiger partial charge in [-0.2, -0.15) is 0 Å². The molecule has 0 aliphatic rings. The smallest absolute Gasteiger partial charge is 0.0672 e. The molecular weight excluding hydrogens is 176 g/mol. The molecule has 0 aliphatic heterocycles. The van der Waals surface area contributed by atoms with E-state index in [4.69, 9.17) is 0 Å². The highest BCUT2D eigenvalue weighted by molar-refractivity contribution is 6.21. The molecule has 78 valence electrons. The van der Waals surface area contributed by atoms with Gasteiger partial charge in [-0.3, -0.25) is 4.90 Å². The van der Waals surface area contributed by atoms with Gasteiger partial charge in [0.1, 0.15) is 0 Å². The minimum Gasteiger partial charge on any atom is -0.379 e.